The van der Waals surface area contributed by atoms with Crippen LogP contribution in [0, 0.1) is 13.8 Å². The fraction of sp³-hybridized carbons (Fsp3) is 0.316. The molecule has 23 heavy (non-hydrogen) atoms. The maximum absolute atomic E-state index is 13.1. The fourth-order valence-electron chi connectivity index (χ4n) is 2.48. The molecule has 0 bridgehead atoms. The van der Waals surface area contributed by atoms with Crippen molar-refractivity contribution < 1.29 is 14.1 Å². The number of hydrogen-bond acceptors (Lipinski definition) is 3. The van der Waals surface area contributed by atoms with E-state index >= 15 is 0 Å². The van der Waals surface area contributed by atoms with Crippen LogP contribution < -0.4 is 10.0 Å². The Morgan fingerprint density at radius 3 is 2.09 bits per heavy atom. The summed E-state index contributed by atoms with van der Waals surface area (Å²) in [5.41, 5.74) is 2.84. The SMILES string of the molecule is CCOc1ccc(P(OCC)C(=O)c2c(C)cccc2C)cc1. The van der Waals surface area contributed by atoms with Crippen LogP contribution in [0.5, 0.6) is 5.75 Å². The van der Waals surface area contributed by atoms with E-state index in [0.29, 0.717) is 13.2 Å². The van der Waals surface area contributed by atoms with Gasteiger partial charge in [0.15, 0.2) is 0 Å². The van der Waals surface area contributed by atoms with E-state index in [1.54, 1.807) is 0 Å². The summed E-state index contributed by atoms with van der Waals surface area (Å²) in [4.78, 5) is 13.1. The predicted octanol–water partition coefficient (Wildman–Crippen LogP) is 4.60. The molecule has 0 spiro atoms. The maximum atomic E-state index is 13.1. The first-order valence-corrected chi connectivity index (χ1v) is 9.10. The van der Waals surface area contributed by atoms with Crippen LogP contribution in [0.15, 0.2) is 42.5 Å². The molecule has 0 fully saturated rings. The summed E-state index contributed by atoms with van der Waals surface area (Å²) in [5.74, 6) is 0.808. The van der Waals surface area contributed by atoms with Gasteiger partial charge in [-0.3, -0.25) is 4.79 Å². The Morgan fingerprint density at radius 1 is 0.957 bits per heavy atom. The lowest BCUT2D eigenvalue weighted by atomic mass is 10.0. The van der Waals surface area contributed by atoms with Gasteiger partial charge in [-0.2, -0.15) is 0 Å². The first kappa shape index (κ1) is 17.7. The van der Waals surface area contributed by atoms with Gasteiger partial charge in [0.1, 0.15) is 13.9 Å². The molecule has 1 unspecified atom stereocenters. The monoisotopic (exact) mass is 330 g/mol. The van der Waals surface area contributed by atoms with Gasteiger partial charge in [-0.1, -0.05) is 18.2 Å². The third kappa shape index (κ3) is 4.19. The van der Waals surface area contributed by atoms with Gasteiger partial charge in [0, 0.05) is 17.5 Å². The van der Waals surface area contributed by atoms with Gasteiger partial charge < -0.3 is 9.26 Å². The zero-order chi connectivity index (χ0) is 16.8. The highest BCUT2D eigenvalue weighted by Crippen LogP contribution is 2.41. The van der Waals surface area contributed by atoms with Crippen molar-refractivity contribution in [3.8, 4) is 5.75 Å². The van der Waals surface area contributed by atoms with E-state index in [2.05, 4.69) is 0 Å². The van der Waals surface area contributed by atoms with Crippen LogP contribution in [0.25, 0.3) is 0 Å². The van der Waals surface area contributed by atoms with Crippen LogP contribution in [0.1, 0.15) is 35.3 Å². The summed E-state index contributed by atoms with van der Waals surface area (Å²) in [5, 5.41) is 0.915. The van der Waals surface area contributed by atoms with Crippen LogP contribution in [-0.2, 0) is 4.52 Å². The molecule has 0 aliphatic carbocycles. The van der Waals surface area contributed by atoms with Crippen LogP contribution >= 0.6 is 8.15 Å². The molecule has 3 nitrogen and oxygen atoms in total. The molecule has 122 valence electrons. The fourth-order valence-corrected chi connectivity index (χ4v) is 4.21. The van der Waals surface area contributed by atoms with Gasteiger partial charge >= 0.3 is 0 Å². The first-order valence-electron chi connectivity index (χ1n) is 7.84. The Hall–Kier alpha value is -1.70. The summed E-state index contributed by atoms with van der Waals surface area (Å²) in [6, 6.07) is 13.6. The van der Waals surface area contributed by atoms with Crippen molar-refractivity contribution in [3.05, 3.63) is 59.2 Å². The van der Waals surface area contributed by atoms with Crippen molar-refractivity contribution >= 4 is 19.0 Å². The van der Waals surface area contributed by atoms with Gasteiger partial charge in [-0.25, -0.2) is 0 Å². The lowest BCUT2D eigenvalue weighted by Crippen LogP contribution is -2.13. The second kappa shape index (κ2) is 8.24. The smallest absolute Gasteiger partial charge is 0.216 e. The maximum Gasteiger partial charge on any atom is 0.216 e. The number of hydrogen-bond donors (Lipinski definition) is 0. The molecule has 2 rings (SSSR count). The second-order valence-electron chi connectivity index (χ2n) is 5.21. The average molecular weight is 330 g/mol. The topological polar surface area (TPSA) is 35.5 Å². The van der Waals surface area contributed by atoms with E-state index in [0.717, 1.165) is 27.7 Å². The largest absolute Gasteiger partial charge is 0.494 e. The quantitative estimate of drug-likeness (QED) is 0.696. The Kier molecular flexibility index (Phi) is 6.32. The lowest BCUT2D eigenvalue weighted by Gasteiger charge is -2.18. The standard InChI is InChI=1S/C19H23O3P/c1-5-21-16-10-12-17(13-11-16)23(22-6-2)19(20)18-14(3)8-7-9-15(18)4/h7-13H,5-6H2,1-4H3. The van der Waals surface area contributed by atoms with Crippen LogP contribution in [-0.4, -0.2) is 18.7 Å². The molecule has 0 heterocycles. The van der Waals surface area contributed by atoms with Crippen molar-refractivity contribution in [1.29, 1.82) is 0 Å². The number of aryl methyl sites for hydroxylation is 2. The van der Waals surface area contributed by atoms with Crippen molar-refractivity contribution in [2.45, 2.75) is 27.7 Å². The highest BCUT2D eigenvalue weighted by atomic mass is 31.1. The molecule has 0 amide bonds. The molecule has 2 aromatic carbocycles. The summed E-state index contributed by atoms with van der Waals surface area (Å²) < 4.78 is 11.3. The Bertz CT molecular complexity index is 645. The molecule has 0 saturated heterocycles. The molecule has 0 radical (unpaired) electrons. The molecular weight excluding hydrogens is 307 g/mol. The average Bonchev–Trinajstić information content (AvgIpc) is 2.53. The number of ether oxygens (including phenoxy) is 1. The third-order valence-electron chi connectivity index (χ3n) is 3.52. The summed E-state index contributed by atoms with van der Waals surface area (Å²) in [7, 11) is -1.34. The molecule has 0 aliphatic rings. The second-order valence-corrected chi connectivity index (χ2v) is 6.98. The van der Waals surface area contributed by atoms with Crippen LogP contribution in [0.2, 0.25) is 0 Å². The summed E-state index contributed by atoms with van der Waals surface area (Å²) in [6.45, 7) is 8.94. The minimum atomic E-state index is -1.34. The van der Waals surface area contributed by atoms with Crippen molar-refractivity contribution in [3.63, 3.8) is 0 Å². The number of carbonyl (C=O) groups is 1. The number of carbonyl (C=O) groups excluding carboxylic acids is 1. The Labute approximate surface area is 139 Å². The highest BCUT2D eigenvalue weighted by Gasteiger charge is 2.25. The van der Waals surface area contributed by atoms with E-state index < -0.39 is 8.15 Å². The van der Waals surface area contributed by atoms with Crippen LogP contribution in [0.4, 0.5) is 0 Å². The Morgan fingerprint density at radius 2 is 1.57 bits per heavy atom. The molecular formula is C19H23O3P. The van der Waals surface area contributed by atoms with E-state index in [4.69, 9.17) is 9.26 Å². The van der Waals surface area contributed by atoms with Crippen molar-refractivity contribution in [2.24, 2.45) is 0 Å². The van der Waals surface area contributed by atoms with Gasteiger partial charge in [0.2, 0.25) is 5.52 Å². The normalized spacial score (nSPS) is 12.0. The predicted molar refractivity (Wildman–Crippen MR) is 96.0 cm³/mol. The van der Waals surface area contributed by atoms with Crippen molar-refractivity contribution in [2.75, 3.05) is 13.2 Å². The minimum Gasteiger partial charge on any atom is -0.494 e. The molecule has 0 aromatic heterocycles. The van der Waals surface area contributed by atoms with E-state index in [1.807, 2.05) is 70.2 Å². The van der Waals surface area contributed by atoms with E-state index in [9.17, 15) is 4.79 Å². The van der Waals surface area contributed by atoms with Gasteiger partial charge in [-0.15, -0.1) is 0 Å². The summed E-state index contributed by atoms with van der Waals surface area (Å²) >= 11 is 0. The molecule has 0 saturated carbocycles. The zero-order valence-corrected chi connectivity index (χ0v) is 15.0. The molecule has 0 aliphatic heterocycles. The molecule has 1 atom stereocenters. The summed E-state index contributed by atoms with van der Waals surface area (Å²) in [6.07, 6.45) is 0. The number of benzene rings is 2. The Balaban J connectivity index is 2.35. The van der Waals surface area contributed by atoms with E-state index in [-0.39, 0.29) is 5.52 Å². The molecule has 0 N–H and O–H groups in total. The third-order valence-corrected chi connectivity index (χ3v) is 5.40. The van der Waals surface area contributed by atoms with Crippen LogP contribution in [0.3, 0.4) is 0 Å². The zero-order valence-electron chi connectivity index (χ0n) is 14.1. The highest BCUT2D eigenvalue weighted by molar-refractivity contribution is 7.78. The first-order chi connectivity index (χ1) is 11.1. The van der Waals surface area contributed by atoms with E-state index in [1.165, 1.54) is 0 Å². The van der Waals surface area contributed by atoms with Gasteiger partial charge in [-0.05, 0) is 63.1 Å². The van der Waals surface area contributed by atoms with Gasteiger partial charge in [0.05, 0.1) is 6.61 Å². The van der Waals surface area contributed by atoms with Gasteiger partial charge in [0.25, 0.3) is 0 Å². The molecule has 4 heteroatoms. The number of rotatable bonds is 7. The minimum absolute atomic E-state index is 0.0709. The van der Waals surface area contributed by atoms with Crippen molar-refractivity contribution in [1.82, 2.24) is 0 Å². The molecule has 2 aromatic rings. The lowest BCUT2D eigenvalue weighted by molar-refractivity contribution is 0.106.